The summed E-state index contributed by atoms with van der Waals surface area (Å²) in [5.74, 6) is -0.626. The van der Waals surface area contributed by atoms with Crippen molar-refractivity contribution in [1.82, 2.24) is 14.7 Å². The number of amides is 3. The Morgan fingerprint density at radius 1 is 1.10 bits per heavy atom. The van der Waals surface area contributed by atoms with Crippen LogP contribution in [0.5, 0.6) is 0 Å². The minimum atomic E-state index is -0.249. The Hall–Kier alpha value is -1.47. The van der Waals surface area contributed by atoms with Crippen molar-refractivity contribution in [2.45, 2.75) is 32.2 Å². The van der Waals surface area contributed by atoms with E-state index in [0.717, 1.165) is 24.5 Å². The van der Waals surface area contributed by atoms with Gasteiger partial charge in [-0.3, -0.25) is 24.2 Å². The van der Waals surface area contributed by atoms with Gasteiger partial charge < -0.3 is 10.6 Å². The highest BCUT2D eigenvalue weighted by Crippen LogP contribution is 2.13. The number of hydrogen-bond donors (Lipinski definition) is 1. The number of piperazine rings is 1. The largest absolute Gasteiger partial charge is 0.339 e. The van der Waals surface area contributed by atoms with Crippen LogP contribution in [0.4, 0.5) is 0 Å². The fraction of sp³-hybridized carbons (Fsp3) is 0.786. The quantitative estimate of drug-likeness (QED) is 0.674. The Morgan fingerprint density at radius 3 is 2.10 bits per heavy atom. The molecular weight excluding hydrogens is 272 g/mol. The molecule has 2 rings (SSSR count). The van der Waals surface area contributed by atoms with Gasteiger partial charge in [-0.25, -0.2) is 0 Å². The molecule has 0 aromatic carbocycles. The lowest BCUT2D eigenvalue weighted by molar-refractivity contribution is -0.146. The molecule has 0 saturated carbocycles. The number of hydrogen-bond acceptors (Lipinski definition) is 5. The van der Waals surface area contributed by atoms with Crippen LogP contribution in [0.2, 0.25) is 0 Å². The van der Waals surface area contributed by atoms with Crippen LogP contribution in [0, 0.1) is 0 Å². The first kappa shape index (κ1) is 15.9. The number of carbonyl (C=O) groups excluding carboxylic acids is 3. The summed E-state index contributed by atoms with van der Waals surface area (Å²) in [4.78, 5) is 40.3. The van der Waals surface area contributed by atoms with Gasteiger partial charge in [0.25, 0.3) is 0 Å². The highest BCUT2D eigenvalue weighted by atomic mass is 16.2. The molecule has 118 valence electrons. The van der Waals surface area contributed by atoms with Gasteiger partial charge in [0.1, 0.15) is 6.54 Å². The Labute approximate surface area is 125 Å². The summed E-state index contributed by atoms with van der Waals surface area (Å²) < 4.78 is 0. The number of rotatable bonds is 4. The van der Waals surface area contributed by atoms with Crippen LogP contribution in [0.15, 0.2) is 0 Å². The third-order valence-corrected chi connectivity index (χ3v) is 3.80. The van der Waals surface area contributed by atoms with Gasteiger partial charge in [-0.15, -0.1) is 0 Å². The first-order chi connectivity index (χ1) is 9.76. The molecule has 2 fully saturated rings. The molecule has 0 aromatic rings. The lowest BCUT2D eigenvalue weighted by Crippen LogP contribution is -2.55. The van der Waals surface area contributed by atoms with E-state index in [1.165, 1.54) is 0 Å². The molecule has 0 radical (unpaired) electrons. The Morgan fingerprint density at radius 2 is 1.62 bits per heavy atom. The average Bonchev–Trinajstić information content (AvgIpc) is 2.69. The van der Waals surface area contributed by atoms with Crippen LogP contribution < -0.4 is 5.73 Å². The van der Waals surface area contributed by atoms with Gasteiger partial charge in [0.15, 0.2) is 0 Å². The number of imide groups is 1. The normalized spacial score (nSPS) is 21.3. The number of nitrogens with two attached hydrogens (primary N) is 1. The van der Waals surface area contributed by atoms with Gasteiger partial charge in [-0.1, -0.05) is 0 Å². The number of carbonyl (C=O) groups is 3. The van der Waals surface area contributed by atoms with Crippen molar-refractivity contribution in [3.8, 4) is 0 Å². The van der Waals surface area contributed by atoms with Gasteiger partial charge in [0.05, 0.1) is 0 Å². The van der Waals surface area contributed by atoms with Crippen molar-refractivity contribution in [3.63, 3.8) is 0 Å². The third kappa shape index (κ3) is 4.25. The van der Waals surface area contributed by atoms with Crippen molar-refractivity contribution in [2.75, 3.05) is 39.3 Å². The zero-order chi connectivity index (χ0) is 15.6. The molecule has 7 nitrogen and oxygen atoms in total. The van der Waals surface area contributed by atoms with E-state index in [-0.39, 0.29) is 42.6 Å². The maximum absolute atomic E-state index is 12.2. The van der Waals surface area contributed by atoms with Crippen LogP contribution in [0.3, 0.4) is 0 Å². The van der Waals surface area contributed by atoms with Crippen LogP contribution in [-0.2, 0) is 14.4 Å². The molecule has 0 atom stereocenters. The first-order valence-corrected chi connectivity index (χ1v) is 7.38. The molecule has 21 heavy (non-hydrogen) atoms. The highest BCUT2D eigenvalue weighted by Gasteiger charge is 2.32. The molecule has 2 N–H and O–H groups in total. The molecular formula is C14H24N4O3. The Kier molecular flexibility index (Phi) is 4.63. The molecule has 2 heterocycles. The zero-order valence-corrected chi connectivity index (χ0v) is 12.8. The molecule has 0 spiro atoms. The summed E-state index contributed by atoms with van der Waals surface area (Å²) in [5, 5.41) is 0. The van der Waals surface area contributed by atoms with E-state index in [2.05, 4.69) is 4.90 Å². The van der Waals surface area contributed by atoms with E-state index in [9.17, 15) is 14.4 Å². The molecule has 0 bridgehead atoms. The van der Waals surface area contributed by atoms with E-state index in [0.29, 0.717) is 13.1 Å². The molecule has 2 aliphatic heterocycles. The van der Waals surface area contributed by atoms with Crippen LogP contribution >= 0.6 is 0 Å². The first-order valence-electron chi connectivity index (χ1n) is 7.38. The van der Waals surface area contributed by atoms with Gasteiger partial charge in [0, 0.05) is 51.1 Å². The molecule has 3 amide bonds. The predicted molar refractivity (Wildman–Crippen MR) is 77.2 cm³/mol. The van der Waals surface area contributed by atoms with Crippen molar-refractivity contribution in [1.29, 1.82) is 0 Å². The minimum absolute atomic E-state index is 0.111. The van der Waals surface area contributed by atoms with Crippen LogP contribution in [-0.4, -0.2) is 77.2 Å². The fourth-order valence-electron chi connectivity index (χ4n) is 2.77. The predicted octanol–water partition coefficient (Wildman–Crippen LogP) is -0.983. The molecule has 0 unspecified atom stereocenters. The maximum atomic E-state index is 12.2. The minimum Gasteiger partial charge on any atom is -0.339 e. The van der Waals surface area contributed by atoms with E-state index >= 15 is 0 Å². The number of likely N-dealkylation sites (tertiary alicyclic amines) is 1. The van der Waals surface area contributed by atoms with Gasteiger partial charge in [0.2, 0.25) is 17.7 Å². The van der Waals surface area contributed by atoms with Crippen molar-refractivity contribution in [2.24, 2.45) is 5.73 Å². The second-order valence-corrected chi connectivity index (χ2v) is 6.52. The zero-order valence-electron chi connectivity index (χ0n) is 12.8. The van der Waals surface area contributed by atoms with E-state index in [4.69, 9.17) is 5.73 Å². The van der Waals surface area contributed by atoms with Crippen LogP contribution in [0.1, 0.15) is 26.7 Å². The van der Waals surface area contributed by atoms with Gasteiger partial charge in [-0.05, 0) is 13.8 Å². The standard InChI is InChI=1S/C14H24N4O3/c1-14(2,15)10-16-5-7-17(8-6-16)13(21)9-18-11(19)3-4-12(18)20/h3-10,15H2,1-2H3. The third-order valence-electron chi connectivity index (χ3n) is 3.80. The Balaban J connectivity index is 1.81. The van der Waals surface area contributed by atoms with Gasteiger partial charge >= 0.3 is 0 Å². The monoisotopic (exact) mass is 296 g/mol. The smallest absolute Gasteiger partial charge is 0.242 e. The lowest BCUT2D eigenvalue weighted by Gasteiger charge is -2.38. The highest BCUT2D eigenvalue weighted by molar-refractivity contribution is 6.04. The summed E-state index contributed by atoms with van der Waals surface area (Å²) in [6.07, 6.45) is 0.455. The summed E-state index contributed by atoms with van der Waals surface area (Å²) in [6.45, 7) is 7.42. The summed E-state index contributed by atoms with van der Waals surface area (Å²) in [6, 6.07) is 0. The van der Waals surface area contributed by atoms with E-state index < -0.39 is 0 Å². The second-order valence-electron chi connectivity index (χ2n) is 6.52. The molecule has 2 saturated heterocycles. The van der Waals surface area contributed by atoms with E-state index in [1.54, 1.807) is 4.90 Å². The summed E-state index contributed by atoms with van der Waals surface area (Å²) in [7, 11) is 0. The lowest BCUT2D eigenvalue weighted by atomic mass is 10.1. The summed E-state index contributed by atoms with van der Waals surface area (Å²) >= 11 is 0. The SMILES string of the molecule is CC(C)(N)CN1CCN(C(=O)CN2C(=O)CCC2=O)CC1. The molecule has 0 aliphatic carbocycles. The van der Waals surface area contributed by atoms with Crippen molar-refractivity contribution in [3.05, 3.63) is 0 Å². The van der Waals surface area contributed by atoms with Crippen molar-refractivity contribution >= 4 is 17.7 Å². The fourth-order valence-corrected chi connectivity index (χ4v) is 2.77. The van der Waals surface area contributed by atoms with E-state index in [1.807, 2.05) is 13.8 Å². The summed E-state index contributed by atoms with van der Waals surface area (Å²) in [5.41, 5.74) is 5.75. The molecule has 7 heteroatoms. The van der Waals surface area contributed by atoms with Crippen molar-refractivity contribution < 1.29 is 14.4 Å². The molecule has 0 aromatic heterocycles. The average molecular weight is 296 g/mol. The Bertz CT molecular complexity index is 420. The van der Waals surface area contributed by atoms with Crippen LogP contribution in [0.25, 0.3) is 0 Å². The maximum Gasteiger partial charge on any atom is 0.242 e. The number of nitrogens with zero attached hydrogens (tertiary/aromatic N) is 3. The topological polar surface area (TPSA) is 86.9 Å². The second kappa shape index (κ2) is 6.11. The van der Waals surface area contributed by atoms with Gasteiger partial charge in [-0.2, -0.15) is 0 Å². The molecule has 2 aliphatic rings.